The molecule has 3 rings (SSSR count). The summed E-state index contributed by atoms with van der Waals surface area (Å²) >= 11 is 0. The Kier molecular flexibility index (Phi) is 5.55. The van der Waals surface area contributed by atoms with E-state index in [9.17, 15) is 13.2 Å². The second kappa shape index (κ2) is 7.87. The molecule has 0 fully saturated rings. The summed E-state index contributed by atoms with van der Waals surface area (Å²) < 4.78 is 38.8. The van der Waals surface area contributed by atoms with Crippen molar-refractivity contribution in [3.63, 3.8) is 0 Å². The second-order valence-electron chi connectivity index (χ2n) is 5.97. The molecule has 0 saturated heterocycles. The van der Waals surface area contributed by atoms with Crippen LogP contribution in [0.3, 0.4) is 0 Å². The molecular weight excluding hydrogens is 368 g/mol. The van der Waals surface area contributed by atoms with Crippen molar-refractivity contribution in [3.8, 4) is 11.5 Å². The highest BCUT2D eigenvalue weighted by atomic mass is 32.2. The number of rotatable bonds is 6. The van der Waals surface area contributed by atoms with Crippen LogP contribution in [0.4, 0.5) is 5.69 Å². The molecule has 8 heteroatoms. The molecule has 0 aliphatic carbocycles. The van der Waals surface area contributed by atoms with Gasteiger partial charge in [0.05, 0.1) is 4.90 Å². The maximum atomic E-state index is 12.7. The number of ether oxygens (including phenoxy) is 2. The Hall–Kier alpha value is -2.74. The number of hydrogen-bond acceptors (Lipinski definition) is 5. The molecule has 0 spiro atoms. The van der Waals surface area contributed by atoms with Gasteiger partial charge in [0.2, 0.25) is 0 Å². The van der Waals surface area contributed by atoms with Gasteiger partial charge >= 0.3 is 0 Å². The summed E-state index contributed by atoms with van der Waals surface area (Å²) in [6.07, 6.45) is 0. The van der Waals surface area contributed by atoms with Gasteiger partial charge in [0.1, 0.15) is 13.2 Å². The first-order valence-electron chi connectivity index (χ1n) is 8.76. The van der Waals surface area contributed by atoms with Gasteiger partial charge < -0.3 is 14.4 Å². The number of amides is 1. The van der Waals surface area contributed by atoms with Gasteiger partial charge in [0, 0.05) is 30.4 Å². The molecule has 0 saturated carbocycles. The maximum Gasteiger partial charge on any atom is 0.262 e. The lowest BCUT2D eigenvalue weighted by Crippen LogP contribution is -2.30. The highest BCUT2D eigenvalue weighted by Gasteiger charge is 2.20. The van der Waals surface area contributed by atoms with E-state index in [1.807, 2.05) is 13.8 Å². The van der Waals surface area contributed by atoms with Gasteiger partial charge in [-0.2, -0.15) is 0 Å². The van der Waals surface area contributed by atoms with Crippen molar-refractivity contribution in [3.05, 3.63) is 48.0 Å². The Morgan fingerprint density at radius 3 is 2.44 bits per heavy atom. The molecule has 2 aromatic carbocycles. The number of anilines is 1. The first-order valence-corrected chi connectivity index (χ1v) is 10.2. The van der Waals surface area contributed by atoms with Gasteiger partial charge in [0.25, 0.3) is 15.9 Å². The Labute approximate surface area is 158 Å². The summed E-state index contributed by atoms with van der Waals surface area (Å²) in [5.41, 5.74) is 0.754. The molecule has 144 valence electrons. The van der Waals surface area contributed by atoms with E-state index in [0.717, 1.165) is 0 Å². The summed E-state index contributed by atoms with van der Waals surface area (Å²) in [6, 6.07) is 10.9. The lowest BCUT2D eigenvalue weighted by molar-refractivity contribution is 0.0773. The molecule has 0 atom stereocenters. The number of nitrogens with zero attached hydrogens (tertiary/aromatic N) is 1. The molecule has 7 nitrogen and oxygen atoms in total. The van der Waals surface area contributed by atoms with Gasteiger partial charge in [-0.25, -0.2) is 8.42 Å². The van der Waals surface area contributed by atoms with E-state index in [0.29, 0.717) is 49.1 Å². The average molecular weight is 390 g/mol. The zero-order valence-electron chi connectivity index (χ0n) is 15.3. The molecule has 27 heavy (non-hydrogen) atoms. The van der Waals surface area contributed by atoms with Crippen molar-refractivity contribution in [1.29, 1.82) is 0 Å². The van der Waals surface area contributed by atoms with Crippen LogP contribution in [-0.2, 0) is 10.0 Å². The molecule has 0 unspecified atom stereocenters. The van der Waals surface area contributed by atoms with Gasteiger partial charge in [-0.15, -0.1) is 0 Å². The van der Waals surface area contributed by atoms with E-state index in [2.05, 4.69) is 4.72 Å². The fourth-order valence-corrected chi connectivity index (χ4v) is 3.88. The van der Waals surface area contributed by atoms with Gasteiger partial charge in [-0.05, 0) is 44.2 Å². The Balaban J connectivity index is 1.84. The number of sulfonamides is 1. The number of hydrogen-bond donors (Lipinski definition) is 1. The average Bonchev–Trinajstić information content (AvgIpc) is 2.68. The SMILES string of the molecule is CCN(CC)C(=O)c1cccc(NS(=O)(=O)c2ccc3c(c2)OCCO3)c1. The normalized spacial score (nSPS) is 13.1. The van der Waals surface area contributed by atoms with Crippen LogP contribution >= 0.6 is 0 Å². The molecular formula is C19H22N2O5S. The third-order valence-electron chi connectivity index (χ3n) is 4.24. The molecule has 0 bridgehead atoms. The van der Waals surface area contributed by atoms with Crippen molar-refractivity contribution < 1.29 is 22.7 Å². The van der Waals surface area contributed by atoms with Crippen LogP contribution in [0, 0.1) is 0 Å². The molecule has 1 aliphatic heterocycles. The van der Waals surface area contributed by atoms with Crippen molar-refractivity contribution in [2.24, 2.45) is 0 Å². The van der Waals surface area contributed by atoms with Gasteiger partial charge in [-0.3, -0.25) is 9.52 Å². The number of benzene rings is 2. The predicted molar refractivity (Wildman–Crippen MR) is 102 cm³/mol. The minimum atomic E-state index is -3.83. The number of carbonyl (C=O) groups excluding carboxylic acids is 1. The molecule has 1 amide bonds. The van der Waals surface area contributed by atoms with Crippen LogP contribution < -0.4 is 14.2 Å². The quantitative estimate of drug-likeness (QED) is 0.820. The third kappa shape index (κ3) is 4.16. The van der Waals surface area contributed by atoms with E-state index in [1.54, 1.807) is 29.2 Å². The molecule has 0 aromatic heterocycles. The highest BCUT2D eigenvalue weighted by molar-refractivity contribution is 7.92. The largest absolute Gasteiger partial charge is 0.486 e. The van der Waals surface area contributed by atoms with Crippen molar-refractivity contribution >= 4 is 21.6 Å². The van der Waals surface area contributed by atoms with E-state index >= 15 is 0 Å². The summed E-state index contributed by atoms with van der Waals surface area (Å²) in [5, 5.41) is 0. The van der Waals surface area contributed by atoms with Crippen molar-refractivity contribution in [2.75, 3.05) is 31.0 Å². The molecule has 1 aliphatic rings. The Morgan fingerprint density at radius 2 is 1.74 bits per heavy atom. The standard InChI is InChI=1S/C19H22N2O5S/c1-3-21(4-2)19(22)14-6-5-7-15(12-14)20-27(23,24)16-8-9-17-18(13-16)26-11-10-25-17/h5-9,12-13,20H,3-4,10-11H2,1-2H3. The Morgan fingerprint density at radius 1 is 1.04 bits per heavy atom. The summed E-state index contributed by atoms with van der Waals surface area (Å²) in [4.78, 5) is 14.2. The number of fused-ring (bicyclic) bond motifs is 1. The first-order chi connectivity index (χ1) is 12.9. The van der Waals surface area contributed by atoms with Crippen molar-refractivity contribution in [2.45, 2.75) is 18.7 Å². The van der Waals surface area contributed by atoms with Crippen LogP contribution in [0.1, 0.15) is 24.2 Å². The lowest BCUT2D eigenvalue weighted by atomic mass is 10.2. The smallest absolute Gasteiger partial charge is 0.262 e. The zero-order valence-corrected chi connectivity index (χ0v) is 16.1. The Bertz CT molecular complexity index is 939. The molecule has 1 heterocycles. The second-order valence-corrected chi connectivity index (χ2v) is 7.65. The molecule has 0 radical (unpaired) electrons. The fourth-order valence-electron chi connectivity index (χ4n) is 2.81. The van der Waals surface area contributed by atoms with Crippen molar-refractivity contribution in [1.82, 2.24) is 4.90 Å². The zero-order chi connectivity index (χ0) is 19.4. The summed E-state index contributed by atoms with van der Waals surface area (Å²) in [5.74, 6) is 0.780. The van der Waals surface area contributed by atoms with Crippen LogP contribution in [0.15, 0.2) is 47.4 Å². The topological polar surface area (TPSA) is 84.9 Å². The van der Waals surface area contributed by atoms with Crippen LogP contribution in [-0.4, -0.2) is 45.5 Å². The van der Waals surface area contributed by atoms with Crippen LogP contribution in [0.2, 0.25) is 0 Å². The predicted octanol–water partition coefficient (Wildman–Crippen LogP) is 2.74. The van der Waals surface area contributed by atoms with Crippen LogP contribution in [0.5, 0.6) is 11.5 Å². The molecule has 2 aromatic rings. The third-order valence-corrected chi connectivity index (χ3v) is 5.62. The van der Waals surface area contributed by atoms with E-state index in [-0.39, 0.29) is 10.8 Å². The van der Waals surface area contributed by atoms with E-state index in [4.69, 9.17) is 9.47 Å². The minimum Gasteiger partial charge on any atom is -0.486 e. The molecule has 1 N–H and O–H groups in total. The van der Waals surface area contributed by atoms with Gasteiger partial charge in [0.15, 0.2) is 11.5 Å². The van der Waals surface area contributed by atoms with Gasteiger partial charge in [-0.1, -0.05) is 6.07 Å². The number of nitrogens with one attached hydrogen (secondary N) is 1. The minimum absolute atomic E-state index is 0.0622. The fraction of sp³-hybridized carbons (Fsp3) is 0.316. The highest BCUT2D eigenvalue weighted by Crippen LogP contribution is 2.32. The lowest BCUT2D eigenvalue weighted by Gasteiger charge is -2.20. The number of carbonyl (C=O) groups is 1. The van der Waals surface area contributed by atoms with E-state index < -0.39 is 10.0 Å². The van der Waals surface area contributed by atoms with Crippen LogP contribution in [0.25, 0.3) is 0 Å². The monoisotopic (exact) mass is 390 g/mol. The summed E-state index contributed by atoms with van der Waals surface area (Å²) in [7, 11) is -3.83. The summed E-state index contributed by atoms with van der Waals surface area (Å²) in [6.45, 7) is 5.78. The van der Waals surface area contributed by atoms with E-state index in [1.165, 1.54) is 18.2 Å². The maximum absolute atomic E-state index is 12.7. The first kappa shape index (κ1) is 19.0.